The summed E-state index contributed by atoms with van der Waals surface area (Å²) in [7, 11) is 0. The zero-order valence-electron chi connectivity index (χ0n) is 24.8. The molecule has 0 aromatic heterocycles. The number of nitrogens with one attached hydrogen (secondary N) is 1. The molecule has 0 bridgehead atoms. The van der Waals surface area contributed by atoms with E-state index in [1.807, 2.05) is 0 Å². The van der Waals surface area contributed by atoms with Crippen LogP contribution in [0.2, 0.25) is 0 Å². The minimum absolute atomic E-state index is 0.0192. The first-order valence-corrected chi connectivity index (χ1v) is 13.9. The van der Waals surface area contributed by atoms with Gasteiger partial charge in [-0.1, -0.05) is 25.8 Å². The molecule has 0 aliphatic heterocycles. The van der Waals surface area contributed by atoms with E-state index in [0.717, 1.165) is 0 Å². The van der Waals surface area contributed by atoms with Gasteiger partial charge in [0.1, 0.15) is 23.2 Å². The molecule has 0 aliphatic carbocycles. The number of amides is 1. The number of carboxylic acids is 1. The van der Waals surface area contributed by atoms with Crippen molar-refractivity contribution in [2.24, 2.45) is 5.92 Å². The monoisotopic (exact) mass is 721 g/mol. The molecule has 2 N–H and O–H groups in total. The average Bonchev–Trinajstić information content (AvgIpc) is 2.95. The molecule has 2 unspecified atom stereocenters. The smallest absolute Gasteiger partial charge is 0.461 e. The Kier molecular flexibility index (Phi) is 11.6. The standard InChI is InChI=1S/C31H24F13NO4/c1-2-3-15(8-25(46)47)14-28(17-5-7-24(34)22(12-17)30(40,41)42,18-10-19(32)13-20(11-18)49-31(43,44)27(35)36)45-26(48)16-4-6-23(33)21(9-16)29(37,38)39/h4-7,9-13,15,27H,2-3,8,14H2,1H3,(H,45,48)(H,46,47). The van der Waals surface area contributed by atoms with Gasteiger partial charge in [-0.15, -0.1) is 0 Å². The Labute approximate surface area is 268 Å². The van der Waals surface area contributed by atoms with Crippen molar-refractivity contribution in [1.82, 2.24) is 5.32 Å². The van der Waals surface area contributed by atoms with Gasteiger partial charge in [-0.25, -0.2) is 13.2 Å². The molecule has 0 saturated carbocycles. The third-order valence-electron chi connectivity index (χ3n) is 7.25. The van der Waals surface area contributed by atoms with Crippen LogP contribution >= 0.6 is 0 Å². The third kappa shape index (κ3) is 9.35. The van der Waals surface area contributed by atoms with E-state index in [-0.39, 0.29) is 43.2 Å². The summed E-state index contributed by atoms with van der Waals surface area (Å²) in [6.45, 7) is 1.53. The van der Waals surface area contributed by atoms with Crippen LogP contribution in [0.4, 0.5) is 57.1 Å². The first-order chi connectivity index (χ1) is 22.5. The lowest BCUT2D eigenvalue weighted by Crippen LogP contribution is -2.48. The Morgan fingerprint density at radius 2 is 1.37 bits per heavy atom. The lowest BCUT2D eigenvalue weighted by molar-refractivity contribution is -0.253. The summed E-state index contributed by atoms with van der Waals surface area (Å²) >= 11 is 0. The van der Waals surface area contributed by atoms with Crippen LogP contribution in [0, 0.1) is 23.4 Å². The number of rotatable bonds is 13. The number of alkyl halides is 10. The van der Waals surface area contributed by atoms with Crippen molar-refractivity contribution in [3.63, 3.8) is 0 Å². The maximum atomic E-state index is 15.0. The summed E-state index contributed by atoms with van der Waals surface area (Å²) in [5, 5.41) is 11.6. The number of carboxylic acid groups (broad SMARTS) is 1. The minimum Gasteiger partial charge on any atom is -0.481 e. The van der Waals surface area contributed by atoms with Crippen molar-refractivity contribution in [2.45, 2.75) is 63.0 Å². The van der Waals surface area contributed by atoms with Gasteiger partial charge in [-0.2, -0.15) is 43.9 Å². The maximum absolute atomic E-state index is 15.0. The van der Waals surface area contributed by atoms with Gasteiger partial charge >= 0.3 is 30.9 Å². The van der Waals surface area contributed by atoms with E-state index < -0.39 is 112 Å². The van der Waals surface area contributed by atoms with Gasteiger partial charge in [0, 0.05) is 18.1 Å². The van der Waals surface area contributed by atoms with E-state index in [2.05, 4.69) is 10.1 Å². The molecule has 49 heavy (non-hydrogen) atoms. The summed E-state index contributed by atoms with van der Waals surface area (Å²) in [5.74, 6) is -11.0. The van der Waals surface area contributed by atoms with Gasteiger partial charge in [0.05, 0.1) is 16.7 Å². The van der Waals surface area contributed by atoms with Crippen LogP contribution in [-0.2, 0) is 22.7 Å². The number of aliphatic carboxylic acids is 1. The fraction of sp³-hybridized carbons (Fsp3) is 0.355. The first-order valence-electron chi connectivity index (χ1n) is 13.9. The topological polar surface area (TPSA) is 75.6 Å². The number of hydrogen-bond donors (Lipinski definition) is 2. The molecule has 5 nitrogen and oxygen atoms in total. The highest BCUT2D eigenvalue weighted by Gasteiger charge is 2.46. The van der Waals surface area contributed by atoms with Crippen LogP contribution in [0.5, 0.6) is 5.75 Å². The summed E-state index contributed by atoms with van der Waals surface area (Å²) in [6, 6.07) is 2.70. The van der Waals surface area contributed by atoms with Crippen LogP contribution in [-0.4, -0.2) is 29.5 Å². The number of ether oxygens (including phenoxy) is 1. The van der Waals surface area contributed by atoms with E-state index in [0.29, 0.717) is 24.3 Å². The second kappa shape index (κ2) is 14.5. The molecule has 18 heteroatoms. The fourth-order valence-electron chi connectivity index (χ4n) is 5.19. The Hall–Kier alpha value is -4.51. The molecule has 0 radical (unpaired) electrons. The zero-order chi connectivity index (χ0) is 37.1. The molecule has 0 heterocycles. The van der Waals surface area contributed by atoms with Crippen molar-refractivity contribution in [1.29, 1.82) is 0 Å². The molecule has 0 spiro atoms. The third-order valence-corrected chi connectivity index (χ3v) is 7.25. The van der Waals surface area contributed by atoms with E-state index >= 15 is 4.39 Å². The highest BCUT2D eigenvalue weighted by molar-refractivity contribution is 5.95. The maximum Gasteiger partial charge on any atom is 0.461 e. The number of carbonyl (C=O) groups is 2. The molecule has 3 aromatic carbocycles. The van der Waals surface area contributed by atoms with Crippen molar-refractivity contribution < 1.29 is 76.5 Å². The molecular formula is C31H24F13NO4. The highest BCUT2D eigenvalue weighted by Crippen LogP contribution is 2.43. The molecule has 0 fully saturated rings. The van der Waals surface area contributed by atoms with Crippen molar-refractivity contribution in [3.8, 4) is 5.75 Å². The molecule has 0 saturated heterocycles. The normalized spacial score (nSPS) is 14.3. The molecule has 268 valence electrons. The predicted molar refractivity (Wildman–Crippen MR) is 144 cm³/mol. The van der Waals surface area contributed by atoms with Crippen molar-refractivity contribution in [2.75, 3.05) is 0 Å². The highest BCUT2D eigenvalue weighted by atomic mass is 19.4. The Balaban J connectivity index is 2.46. The SMILES string of the molecule is CCCC(CC(=O)O)CC(NC(=O)c1ccc(F)c(C(F)(F)F)c1)(c1cc(F)cc(OC(F)(F)C(F)F)c1)c1ccc(F)c(C(F)(F)F)c1. The van der Waals surface area contributed by atoms with Gasteiger partial charge in [0.25, 0.3) is 5.91 Å². The minimum atomic E-state index is -5.45. The molecular weight excluding hydrogens is 697 g/mol. The van der Waals surface area contributed by atoms with Crippen molar-refractivity contribution >= 4 is 11.9 Å². The summed E-state index contributed by atoms with van der Waals surface area (Å²) in [4.78, 5) is 25.4. The van der Waals surface area contributed by atoms with Gasteiger partial charge in [-0.05, 0) is 65.9 Å². The van der Waals surface area contributed by atoms with E-state index in [4.69, 9.17) is 0 Å². The molecule has 2 atom stereocenters. The van der Waals surface area contributed by atoms with Crippen LogP contribution < -0.4 is 10.1 Å². The number of benzene rings is 3. The number of carbonyl (C=O) groups excluding carboxylic acids is 1. The summed E-state index contributed by atoms with van der Waals surface area (Å²) in [6.07, 6.45) is -22.2. The van der Waals surface area contributed by atoms with Gasteiger partial charge < -0.3 is 15.2 Å². The zero-order valence-corrected chi connectivity index (χ0v) is 24.8. The number of halogens is 13. The van der Waals surface area contributed by atoms with E-state index in [9.17, 15) is 67.4 Å². The largest absolute Gasteiger partial charge is 0.481 e. The Morgan fingerprint density at radius 1 is 0.796 bits per heavy atom. The van der Waals surface area contributed by atoms with Gasteiger partial charge in [0.2, 0.25) is 0 Å². The first kappa shape index (κ1) is 38.9. The Bertz CT molecular complexity index is 1670. The summed E-state index contributed by atoms with van der Waals surface area (Å²) in [5.41, 5.74) is -9.39. The quantitative estimate of drug-likeness (QED) is 0.173. The molecule has 0 aliphatic rings. The number of hydrogen-bond acceptors (Lipinski definition) is 3. The predicted octanol–water partition coefficient (Wildman–Crippen LogP) is 9.33. The second-order valence-corrected chi connectivity index (χ2v) is 10.8. The second-order valence-electron chi connectivity index (χ2n) is 10.8. The molecule has 1 amide bonds. The van der Waals surface area contributed by atoms with Crippen LogP contribution in [0.1, 0.15) is 65.2 Å². The lowest BCUT2D eigenvalue weighted by Gasteiger charge is -2.39. The fourth-order valence-corrected chi connectivity index (χ4v) is 5.19. The van der Waals surface area contributed by atoms with Gasteiger partial charge in [0.15, 0.2) is 0 Å². The van der Waals surface area contributed by atoms with Crippen LogP contribution in [0.3, 0.4) is 0 Å². The van der Waals surface area contributed by atoms with E-state index in [1.54, 1.807) is 0 Å². The molecule has 3 aromatic rings. The molecule has 3 rings (SSSR count). The van der Waals surface area contributed by atoms with Crippen molar-refractivity contribution in [3.05, 3.63) is 99.9 Å². The Morgan fingerprint density at radius 3 is 1.90 bits per heavy atom. The lowest BCUT2D eigenvalue weighted by atomic mass is 9.73. The van der Waals surface area contributed by atoms with Gasteiger partial charge in [-0.3, -0.25) is 9.59 Å². The van der Waals surface area contributed by atoms with E-state index in [1.165, 1.54) is 6.92 Å². The average molecular weight is 722 g/mol. The summed E-state index contributed by atoms with van der Waals surface area (Å²) < 4.78 is 183. The van der Waals surface area contributed by atoms with Crippen LogP contribution in [0.15, 0.2) is 54.6 Å². The van der Waals surface area contributed by atoms with Crippen LogP contribution in [0.25, 0.3) is 0 Å².